The van der Waals surface area contributed by atoms with E-state index >= 15 is 0 Å². The van der Waals surface area contributed by atoms with Gasteiger partial charge >= 0.3 is 0 Å². The molecule has 1 aromatic heterocycles. The van der Waals surface area contributed by atoms with Crippen LogP contribution in [0.1, 0.15) is 17.0 Å². The van der Waals surface area contributed by atoms with E-state index in [4.69, 9.17) is 11.6 Å². The second-order valence-electron chi connectivity index (χ2n) is 3.98. The molecule has 0 unspecified atom stereocenters. The van der Waals surface area contributed by atoms with Crippen LogP contribution in [0.3, 0.4) is 0 Å². The molecule has 2 heterocycles. The van der Waals surface area contributed by atoms with E-state index in [2.05, 4.69) is 15.3 Å². The average molecular weight is 248 g/mol. The van der Waals surface area contributed by atoms with Crippen molar-refractivity contribution in [3.05, 3.63) is 57.1 Å². The van der Waals surface area contributed by atoms with Crippen molar-refractivity contribution in [3.8, 4) is 0 Å². The molecular formula is C12H10ClN3O. The molecule has 0 amide bonds. The summed E-state index contributed by atoms with van der Waals surface area (Å²) in [6.45, 7) is 0.692. The first kappa shape index (κ1) is 10.4. The van der Waals surface area contributed by atoms with Gasteiger partial charge < -0.3 is 10.3 Å². The largest absolute Gasteiger partial charge is 0.369 e. The number of rotatable bonds is 1. The van der Waals surface area contributed by atoms with Gasteiger partial charge in [-0.15, -0.1) is 0 Å². The van der Waals surface area contributed by atoms with Gasteiger partial charge in [-0.1, -0.05) is 23.7 Å². The van der Waals surface area contributed by atoms with Crippen LogP contribution in [0, 0.1) is 0 Å². The lowest BCUT2D eigenvalue weighted by Gasteiger charge is -2.09. The predicted octanol–water partition coefficient (Wildman–Crippen LogP) is 1.98. The zero-order chi connectivity index (χ0) is 11.8. The van der Waals surface area contributed by atoms with Gasteiger partial charge in [-0.05, 0) is 17.7 Å². The van der Waals surface area contributed by atoms with E-state index < -0.39 is 0 Å². The molecule has 0 spiro atoms. The maximum absolute atomic E-state index is 11.8. The third-order valence-corrected chi connectivity index (χ3v) is 3.24. The number of benzene rings is 1. The van der Waals surface area contributed by atoms with Gasteiger partial charge in [-0.3, -0.25) is 4.79 Å². The number of H-pyrrole nitrogens is 1. The van der Waals surface area contributed by atoms with Crippen LogP contribution in [-0.2, 0) is 0 Å². The maximum atomic E-state index is 11.8. The molecule has 1 aromatic carbocycles. The third kappa shape index (κ3) is 1.70. The second kappa shape index (κ2) is 3.89. The number of aromatic nitrogens is 2. The van der Waals surface area contributed by atoms with Crippen LogP contribution in [0.15, 0.2) is 35.4 Å². The quantitative estimate of drug-likeness (QED) is 0.810. The SMILES string of the molecule is O=c1[nH]cnc2c1[C@H](c1ccc(Cl)cc1)CN2. The van der Waals surface area contributed by atoms with Crippen molar-refractivity contribution < 1.29 is 0 Å². The molecule has 5 heteroatoms. The van der Waals surface area contributed by atoms with Crippen LogP contribution in [-0.4, -0.2) is 16.5 Å². The molecule has 0 radical (unpaired) electrons. The van der Waals surface area contributed by atoms with E-state index in [9.17, 15) is 4.79 Å². The molecule has 2 aromatic rings. The first-order valence-corrected chi connectivity index (χ1v) is 5.70. The lowest BCUT2D eigenvalue weighted by atomic mass is 9.95. The van der Waals surface area contributed by atoms with Crippen LogP contribution in [0.25, 0.3) is 0 Å². The van der Waals surface area contributed by atoms with Gasteiger partial charge in [0.05, 0.1) is 11.9 Å². The van der Waals surface area contributed by atoms with Crippen molar-refractivity contribution >= 4 is 17.4 Å². The van der Waals surface area contributed by atoms with Gasteiger partial charge in [-0.25, -0.2) is 4.98 Å². The summed E-state index contributed by atoms with van der Waals surface area (Å²) in [6.07, 6.45) is 1.42. The highest BCUT2D eigenvalue weighted by atomic mass is 35.5. The number of nitrogens with zero attached hydrogens (tertiary/aromatic N) is 1. The zero-order valence-electron chi connectivity index (χ0n) is 8.90. The highest BCUT2D eigenvalue weighted by Crippen LogP contribution is 2.32. The number of hydrogen-bond acceptors (Lipinski definition) is 3. The highest BCUT2D eigenvalue weighted by Gasteiger charge is 2.27. The molecule has 17 heavy (non-hydrogen) atoms. The van der Waals surface area contributed by atoms with Crippen LogP contribution in [0.5, 0.6) is 0 Å². The summed E-state index contributed by atoms with van der Waals surface area (Å²) in [5.41, 5.74) is 1.69. The minimum absolute atomic E-state index is 0.0414. The van der Waals surface area contributed by atoms with E-state index in [-0.39, 0.29) is 11.5 Å². The summed E-state index contributed by atoms with van der Waals surface area (Å²) in [7, 11) is 0. The zero-order valence-corrected chi connectivity index (χ0v) is 9.66. The van der Waals surface area contributed by atoms with Gasteiger partial charge in [0.25, 0.3) is 5.56 Å². The Morgan fingerprint density at radius 3 is 2.82 bits per heavy atom. The van der Waals surface area contributed by atoms with E-state index in [1.165, 1.54) is 6.33 Å². The Morgan fingerprint density at radius 1 is 1.29 bits per heavy atom. The van der Waals surface area contributed by atoms with Crippen molar-refractivity contribution in [3.63, 3.8) is 0 Å². The minimum Gasteiger partial charge on any atom is -0.369 e. The molecule has 1 atom stereocenters. The summed E-state index contributed by atoms with van der Waals surface area (Å²) < 4.78 is 0. The standard InChI is InChI=1S/C12H10ClN3O/c13-8-3-1-7(2-4-8)9-5-14-11-10(9)12(17)16-6-15-11/h1-4,6,9H,5H2,(H2,14,15,16,17)/t9-/m0/s1. The van der Waals surface area contributed by atoms with Crippen molar-refractivity contribution in [1.82, 2.24) is 9.97 Å². The molecule has 2 N–H and O–H groups in total. The molecule has 86 valence electrons. The van der Waals surface area contributed by atoms with E-state index in [1.54, 1.807) is 0 Å². The van der Waals surface area contributed by atoms with Crippen molar-refractivity contribution in [2.45, 2.75) is 5.92 Å². The molecule has 0 saturated carbocycles. The van der Waals surface area contributed by atoms with E-state index in [0.717, 1.165) is 5.56 Å². The van der Waals surface area contributed by atoms with Crippen LogP contribution in [0.4, 0.5) is 5.82 Å². The van der Waals surface area contributed by atoms with Crippen molar-refractivity contribution in [1.29, 1.82) is 0 Å². The summed E-state index contributed by atoms with van der Waals surface area (Å²) >= 11 is 5.85. The second-order valence-corrected chi connectivity index (χ2v) is 4.42. The highest BCUT2D eigenvalue weighted by molar-refractivity contribution is 6.30. The normalized spacial score (nSPS) is 17.6. The molecular weight excluding hydrogens is 238 g/mol. The summed E-state index contributed by atoms with van der Waals surface area (Å²) in [6, 6.07) is 7.55. The van der Waals surface area contributed by atoms with Crippen LogP contribution < -0.4 is 10.9 Å². The molecule has 1 aliphatic rings. The summed E-state index contributed by atoms with van der Waals surface area (Å²) in [5, 5.41) is 3.83. The Kier molecular flexibility index (Phi) is 2.37. The monoisotopic (exact) mass is 247 g/mol. The fraction of sp³-hybridized carbons (Fsp3) is 0.167. The third-order valence-electron chi connectivity index (χ3n) is 2.98. The van der Waals surface area contributed by atoms with E-state index in [0.29, 0.717) is 22.9 Å². The Labute approximate surface area is 103 Å². The van der Waals surface area contributed by atoms with Gasteiger partial charge in [0.15, 0.2) is 0 Å². The lowest BCUT2D eigenvalue weighted by Crippen LogP contribution is -2.15. The van der Waals surface area contributed by atoms with Crippen molar-refractivity contribution in [2.24, 2.45) is 0 Å². The van der Waals surface area contributed by atoms with E-state index in [1.807, 2.05) is 24.3 Å². The Hall–Kier alpha value is -1.81. The van der Waals surface area contributed by atoms with Gasteiger partial charge in [0.1, 0.15) is 5.82 Å². The molecule has 1 aliphatic heterocycles. The molecule has 0 saturated heterocycles. The fourth-order valence-corrected chi connectivity index (χ4v) is 2.28. The Morgan fingerprint density at radius 2 is 2.06 bits per heavy atom. The molecule has 4 nitrogen and oxygen atoms in total. The fourth-order valence-electron chi connectivity index (χ4n) is 2.15. The van der Waals surface area contributed by atoms with Gasteiger partial charge in [0.2, 0.25) is 0 Å². The summed E-state index contributed by atoms with van der Waals surface area (Å²) in [5.74, 6) is 0.716. The number of hydrogen-bond donors (Lipinski definition) is 2. The molecule has 0 bridgehead atoms. The number of anilines is 1. The maximum Gasteiger partial charge on any atom is 0.256 e. The molecule has 0 aliphatic carbocycles. The first-order chi connectivity index (χ1) is 8.25. The van der Waals surface area contributed by atoms with Gasteiger partial charge in [0, 0.05) is 17.5 Å². The topological polar surface area (TPSA) is 57.8 Å². The Balaban J connectivity index is 2.09. The van der Waals surface area contributed by atoms with Crippen molar-refractivity contribution in [2.75, 3.05) is 11.9 Å². The number of aromatic amines is 1. The Bertz CT molecular complexity index is 606. The number of nitrogens with one attached hydrogen (secondary N) is 2. The smallest absolute Gasteiger partial charge is 0.256 e. The average Bonchev–Trinajstić information content (AvgIpc) is 2.75. The number of halogens is 1. The van der Waals surface area contributed by atoms with Crippen LogP contribution >= 0.6 is 11.6 Å². The number of fused-ring (bicyclic) bond motifs is 1. The summed E-state index contributed by atoms with van der Waals surface area (Å²) in [4.78, 5) is 18.5. The van der Waals surface area contributed by atoms with Crippen LogP contribution in [0.2, 0.25) is 5.02 Å². The molecule has 3 rings (SSSR count). The predicted molar refractivity (Wildman–Crippen MR) is 66.6 cm³/mol. The lowest BCUT2D eigenvalue weighted by molar-refractivity contribution is 0.887. The molecule has 0 fully saturated rings. The minimum atomic E-state index is -0.0834. The van der Waals surface area contributed by atoms with Gasteiger partial charge in [-0.2, -0.15) is 0 Å². The first-order valence-electron chi connectivity index (χ1n) is 5.32.